The molecule has 3 aliphatic heterocycles. The molecule has 0 spiro atoms. The van der Waals surface area contributed by atoms with E-state index in [0.717, 1.165) is 69.4 Å². The summed E-state index contributed by atoms with van der Waals surface area (Å²) < 4.78 is 11.4. The lowest BCUT2D eigenvalue weighted by molar-refractivity contribution is -0.0499. The van der Waals surface area contributed by atoms with Crippen LogP contribution in [0.5, 0.6) is 0 Å². The second-order valence-electron chi connectivity index (χ2n) is 12.3. The predicted octanol–water partition coefficient (Wildman–Crippen LogP) is 5.78. The van der Waals surface area contributed by atoms with Gasteiger partial charge in [0.25, 0.3) is 0 Å². The van der Waals surface area contributed by atoms with Gasteiger partial charge in [0.2, 0.25) is 0 Å². The molecule has 3 aromatic rings. The number of aryl methyl sites for hydroxylation is 3. The fourth-order valence-electron chi connectivity index (χ4n) is 6.53. The number of piperidine rings is 1. The Kier molecular flexibility index (Phi) is 6.88. The molecule has 0 radical (unpaired) electrons. The Bertz CT molecular complexity index is 1380. The van der Waals surface area contributed by atoms with Crippen LogP contribution in [0.25, 0.3) is 11.4 Å². The minimum Gasteiger partial charge on any atom is -0.381 e. The third-order valence-electron chi connectivity index (χ3n) is 9.19. The Balaban J connectivity index is 1.41. The fraction of sp³-hybridized carbons (Fsp3) is 0.515. The third-order valence-corrected chi connectivity index (χ3v) is 9.19. The SMILES string of the molecule is CO[C@@H]1CCN(c2nc(-c3cc(C)ccc3C)nc3c2CN(c2cc(C4(C)COC4)ccc2C)CC3)C[C@@H]1C. The number of benzene rings is 2. The summed E-state index contributed by atoms with van der Waals surface area (Å²) in [7, 11) is 1.84. The number of rotatable bonds is 5. The average molecular weight is 527 g/mol. The van der Waals surface area contributed by atoms with Crippen LogP contribution < -0.4 is 9.80 Å². The Hall–Kier alpha value is -2.96. The highest BCUT2D eigenvalue weighted by Gasteiger charge is 2.36. The molecule has 0 saturated carbocycles. The predicted molar refractivity (Wildman–Crippen MR) is 158 cm³/mol. The molecule has 1 aromatic heterocycles. The van der Waals surface area contributed by atoms with E-state index >= 15 is 0 Å². The molecule has 3 aliphatic rings. The summed E-state index contributed by atoms with van der Waals surface area (Å²) in [6.45, 7) is 16.4. The molecule has 6 nitrogen and oxygen atoms in total. The van der Waals surface area contributed by atoms with Gasteiger partial charge in [-0.1, -0.05) is 43.7 Å². The number of hydrogen-bond acceptors (Lipinski definition) is 6. The molecule has 0 bridgehead atoms. The summed E-state index contributed by atoms with van der Waals surface area (Å²) >= 11 is 0. The van der Waals surface area contributed by atoms with E-state index in [9.17, 15) is 0 Å². The highest BCUT2D eigenvalue weighted by Crippen LogP contribution is 2.38. The largest absolute Gasteiger partial charge is 0.381 e. The summed E-state index contributed by atoms with van der Waals surface area (Å²) in [6, 6.07) is 13.5. The number of aromatic nitrogens is 2. The standard InChI is InChI=1S/C33H42N4O2/c1-21-7-8-22(2)26(15-21)31-34-28-11-13-36(29-16-25(10-9-23(29)3)33(5)19-39-20-33)18-27(28)32(35-31)37-14-12-30(38-6)24(4)17-37/h7-10,15-16,24,30H,11-14,17-20H2,1-6H3/t24-,30+/m0/s1. The minimum absolute atomic E-state index is 0.118. The number of ether oxygens (including phenoxy) is 2. The molecule has 0 unspecified atom stereocenters. The monoisotopic (exact) mass is 526 g/mol. The van der Waals surface area contributed by atoms with E-state index in [0.29, 0.717) is 12.0 Å². The van der Waals surface area contributed by atoms with Crippen molar-refractivity contribution in [2.24, 2.45) is 5.92 Å². The molecule has 0 amide bonds. The normalized spacial score (nSPS) is 22.4. The van der Waals surface area contributed by atoms with E-state index in [2.05, 4.69) is 80.8 Å². The molecule has 4 heterocycles. The first kappa shape index (κ1) is 26.3. The number of fused-ring (bicyclic) bond motifs is 1. The van der Waals surface area contributed by atoms with Crippen LogP contribution in [0.3, 0.4) is 0 Å². The van der Waals surface area contributed by atoms with Crippen LogP contribution in [0.1, 0.15) is 53.8 Å². The van der Waals surface area contributed by atoms with E-state index in [1.54, 1.807) is 0 Å². The first-order chi connectivity index (χ1) is 18.8. The van der Waals surface area contributed by atoms with E-state index in [4.69, 9.17) is 19.4 Å². The molecule has 2 fully saturated rings. The molecule has 2 aromatic carbocycles. The third kappa shape index (κ3) is 4.82. The van der Waals surface area contributed by atoms with Crippen molar-refractivity contribution in [3.05, 3.63) is 69.9 Å². The van der Waals surface area contributed by atoms with Gasteiger partial charge in [-0.2, -0.15) is 0 Å². The van der Waals surface area contributed by atoms with Crippen LogP contribution in [0.15, 0.2) is 36.4 Å². The first-order valence-electron chi connectivity index (χ1n) is 14.4. The summed E-state index contributed by atoms with van der Waals surface area (Å²) in [5.74, 6) is 2.41. The highest BCUT2D eigenvalue weighted by atomic mass is 16.5. The van der Waals surface area contributed by atoms with Crippen LogP contribution >= 0.6 is 0 Å². The topological polar surface area (TPSA) is 50.7 Å². The second-order valence-corrected chi connectivity index (χ2v) is 12.3. The van der Waals surface area contributed by atoms with Crippen LogP contribution in [-0.4, -0.2) is 56.0 Å². The summed E-state index contributed by atoms with van der Waals surface area (Å²) in [4.78, 5) is 15.6. The Labute approximate surface area is 233 Å². The molecular formula is C33H42N4O2. The second kappa shape index (κ2) is 10.2. The van der Waals surface area contributed by atoms with Crippen LogP contribution in [0.4, 0.5) is 11.5 Å². The van der Waals surface area contributed by atoms with Crippen molar-refractivity contribution in [3.8, 4) is 11.4 Å². The van der Waals surface area contributed by atoms with E-state index < -0.39 is 0 Å². The molecular weight excluding hydrogens is 484 g/mol. The molecule has 0 aliphatic carbocycles. The Morgan fingerprint density at radius 3 is 2.49 bits per heavy atom. The number of nitrogens with zero attached hydrogens (tertiary/aromatic N) is 4. The van der Waals surface area contributed by atoms with Gasteiger partial charge in [-0.3, -0.25) is 0 Å². The molecule has 39 heavy (non-hydrogen) atoms. The Morgan fingerprint density at radius 1 is 0.974 bits per heavy atom. The van der Waals surface area contributed by atoms with Gasteiger partial charge >= 0.3 is 0 Å². The van der Waals surface area contributed by atoms with Gasteiger partial charge in [0, 0.05) is 61.9 Å². The fourth-order valence-corrected chi connectivity index (χ4v) is 6.53. The van der Waals surface area contributed by atoms with Crippen molar-refractivity contribution >= 4 is 11.5 Å². The maximum Gasteiger partial charge on any atom is 0.162 e. The van der Waals surface area contributed by atoms with Gasteiger partial charge in [0.05, 0.1) is 25.0 Å². The molecule has 0 N–H and O–H groups in total. The van der Waals surface area contributed by atoms with Gasteiger partial charge in [-0.25, -0.2) is 9.97 Å². The van der Waals surface area contributed by atoms with E-state index in [1.807, 2.05) is 7.11 Å². The van der Waals surface area contributed by atoms with Crippen LogP contribution in [0, 0.1) is 26.7 Å². The molecule has 2 atom stereocenters. The zero-order chi connectivity index (χ0) is 27.3. The molecule has 6 rings (SSSR count). The lowest BCUT2D eigenvalue weighted by Gasteiger charge is -2.41. The first-order valence-corrected chi connectivity index (χ1v) is 14.4. The van der Waals surface area contributed by atoms with Crippen LogP contribution in [-0.2, 0) is 27.9 Å². The van der Waals surface area contributed by atoms with E-state index in [1.165, 1.54) is 39.2 Å². The molecule has 206 valence electrons. The van der Waals surface area contributed by atoms with Crippen molar-refractivity contribution in [2.45, 2.75) is 65.5 Å². The van der Waals surface area contributed by atoms with E-state index in [-0.39, 0.29) is 5.41 Å². The minimum atomic E-state index is 0.118. The number of methoxy groups -OCH3 is 1. The highest BCUT2D eigenvalue weighted by molar-refractivity contribution is 5.67. The molecule has 2 saturated heterocycles. The van der Waals surface area contributed by atoms with Crippen molar-refractivity contribution in [1.29, 1.82) is 0 Å². The average Bonchev–Trinajstić information content (AvgIpc) is 2.92. The zero-order valence-electron chi connectivity index (χ0n) is 24.4. The maximum atomic E-state index is 5.79. The molecule has 6 heteroatoms. The summed E-state index contributed by atoms with van der Waals surface area (Å²) in [5, 5.41) is 0. The maximum absolute atomic E-state index is 5.79. The summed E-state index contributed by atoms with van der Waals surface area (Å²) in [6.07, 6.45) is 2.23. The van der Waals surface area contributed by atoms with Crippen molar-refractivity contribution in [1.82, 2.24) is 9.97 Å². The Morgan fingerprint density at radius 2 is 1.77 bits per heavy atom. The lowest BCUT2D eigenvalue weighted by atomic mass is 9.80. The van der Waals surface area contributed by atoms with Gasteiger partial charge < -0.3 is 19.3 Å². The van der Waals surface area contributed by atoms with Gasteiger partial charge in [0.15, 0.2) is 5.82 Å². The van der Waals surface area contributed by atoms with Gasteiger partial charge in [-0.05, 0) is 61.9 Å². The zero-order valence-corrected chi connectivity index (χ0v) is 24.4. The van der Waals surface area contributed by atoms with Crippen molar-refractivity contribution in [2.75, 3.05) is 49.8 Å². The summed E-state index contributed by atoms with van der Waals surface area (Å²) in [5.41, 5.74) is 10.2. The van der Waals surface area contributed by atoms with Crippen molar-refractivity contribution < 1.29 is 9.47 Å². The lowest BCUT2D eigenvalue weighted by Crippen LogP contribution is -2.45. The quantitative estimate of drug-likeness (QED) is 0.420. The van der Waals surface area contributed by atoms with Gasteiger partial charge in [-0.15, -0.1) is 0 Å². The smallest absolute Gasteiger partial charge is 0.162 e. The van der Waals surface area contributed by atoms with Crippen molar-refractivity contribution in [3.63, 3.8) is 0 Å². The number of anilines is 2. The number of hydrogen-bond donors (Lipinski definition) is 0. The van der Waals surface area contributed by atoms with Crippen LogP contribution in [0.2, 0.25) is 0 Å². The van der Waals surface area contributed by atoms with Gasteiger partial charge in [0.1, 0.15) is 5.82 Å².